The molecule has 3 aliphatic rings. The number of nitrogens with one attached hydrogen (secondary N) is 3. The van der Waals surface area contributed by atoms with Crippen molar-refractivity contribution < 1.29 is 9.59 Å². The number of amides is 2. The molecule has 3 fully saturated rings. The van der Waals surface area contributed by atoms with E-state index in [9.17, 15) is 9.59 Å². The number of piperidine rings is 1. The maximum absolute atomic E-state index is 13.2. The lowest BCUT2D eigenvalue weighted by Crippen LogP contribution is -2.53. The number of aromatic nitrogens is 1. The molecule has 1 aliphatic carbocycles. The Kier molecular flexibility index (Phi) is 7.74. The monoisotopic (exact) mass is 628 g/mol. The summed E-state index contributed by atoms with van der Waals surface area (Å²) in [6.45, 7) is 14.4. The van der Waals surface area contributed by atoms with Crippen molar-refractivity contribution in [2.24, 2.45) is 17.8 Å². The number of hydrogen-bond donors (Lipinski definition) is 3. The van der Waals surface area contributed by atoms with Gasteiger partial charge in [0.1, 0.15) is 4.83 Å². The summed E-state index contributed by atoms with van der Waals surface area (Å²) in [5.41, 5.74) is 6.12. The Morgan fingerprint density at radius 1 is 1.14 bits per heavy atom. The van der Waals surface area contributed by atoms with Crippen LogP contribution >= 0.6 is 22.7 Å². The number of carbonyl (C=O) groups excluding carboxylic acids is 2. The molecular formula is C36H44N4O2S2. The Morgan fingerprint density at radius 3 is 2.57 bits per heavy atom. The third kappa shape index (κ3) is 5.54. The number of aromatic amines is 1. The molecule has 8 heteroatoms. The zero-order valence-electron chi connectivity index (χ0n) is 26.5. The van der Waals surface area contributed by atoms with Crippen molar-refractivity contribution in [3.8, 4) is 11.3 Å². The third-order valence-corrected chi connectivity index (χ3v) is 12.6. The first-order valence-corrected chi connectivity index (χ1v) is 17.8. The summed E-state index contributed by atoms with van der Waals surface area (Å²) >= 11 is 3.64. The van der Waals surface area contributed by atoms with Crippen LogP contribution in [0, 0.1) is 31.6 Å². The Balaban J connectivity index is 1.12. The third-order valence-electron chi connectivity index (χ3n) is 10.3. The van der Waals surface area contributed by atoms with Gasteiger partial charge in [-0.25, -0.2) is 0 Å². The summed E-state index contributed by atoms with van der Waals surface area (Å²) in [6.07, 6.45) is 3.16. The van der Waals surface area contributed by atoms with Gasteiger partial charge >= 0.3 is 0 Å². The number of rotatable bonds is 10. The van der Waals surface area contributed by atoms with Crippen LogP contribution in [0.25, 0.3) is 21.5 Å². The molecule has 0 spiro atoms. The lowest BCUT2D eigenvalue weighted by atomic mass is 9.77. The molecule has 7 rings (SSSR count). The van der Waals surface area contributed by atoms with E-state index in [4.69, 9.17) is 0 Å². The topological polar surface area (TPSA) is 77.2 Å². The van der Waals surface area contributed by atoms with Crippen molar-refractivity contribution in [1.29, 1.82) is 0 Å². The Morgan fingerprint density at radius 2 is 1.91 bits per heavy atom. The van der Waals surface area contributed by atoms with Crippen molar-refractivity contribution in [2.75, 3.05) is 19.6 Å². The highest BCUT2D eigenvalue weighted by atomic mass is 32.1. The number of hydrogen-bond acceptors (Lipinski definition) is 5. The number of fused-ring (bicyclic) bond motifs is 3. The average Bonchev–Trinajstić information content (AvgIpc) is 3.76. The molecule has 2 saturated heterocycles. The van der Waals surface area contributed by atoms with Gasteiger partial charge in [-0.15, -0.1) is 22.7 Å². The van der Waals surface area contributed by atoms with E-state index in [0.29, 0.717) is 18.5 Å². The summed E-state index contributed by atoms with van der Waals surface area (Å²) in [4.78, 5) is 35.7. The van der Waals surface area contributed by atoms with Gasteiger partial charge in [0.05, 0.1) is 11.6 Å². The fourth-order valence-corrected chi connectivity index (χ4v) is 9.95. The molecule has 44 heavy (non-hydrogen) atoms. The fourth-order valence-electron chi connectivity index (χ4n) is 8.02. The van der Waals surface area contributed by atoms with Gasteiger partial charge in [-0.05, 0) is 85.2 Å². The fraction of sp³-hybridized carbons (Fsp3) is 0.500. The Labute approximate surface area is 268 Å². The van der Waals surface area contributed by atoms with E-state index >= 15 is 0 Å². The van der Waals surface area contributed by atoms with E-state index < -0.39 is 0 Å². The van der Waals surface area contributed by atoms with Crippen molar-refractivity contribution >= 4 is 44.7 Å². The number of benzene rings is 1. The number of carbonyl (C=O) groups is 2. The highest BCUT2D eigenvalue weighted by Gasteiger charge is 2.49. The van der Waals surface area contributed by atoms with Crippen molar-refractivity contribution in [3.05, 3.63) is 68.2 Å². The minimum Gasteiger partial charge on any atom is -0.355 e. The standard InChI is InChI=1S/C36H44N4O2S2/c1-20-11-21(2)13-23(12-20)32-31(22(3)16-37-33(41)24-17-40(18-24)19-25-7-6-10-43-25)27-14-30(44-35(27)39-32)36(4,5)15-28-26-8-9-29(28)38-34(26)42/h6-7,10-14,22,24,26,28-29,39H,8-9,15-19H2,1-5H3,(H,37,41)(H,38,42)/t22-,26?,28?,29?/m1/s1. The van der Waals surface area contributed by atoms with Crippen molar-refractivity contribution in [1.82, 2.24) is 20.5 Å². The first kappa shape index (κ1) is 29.8. The highest BCUT2D eigenvalue weighted by Crippen LogP contribution is 2.48. The lowest BCUT2D eigenvalue weighted by molar-refractivity contribution is -0.130. The van der Waals surface area contributed by atoms with Crippen LogP contribution in [-0.4, -0.2) is 47.4 Å². The average molecular weight is 629 g/mol. The van der Waals surface area contributed by atoms with E-state index in [0.717, 1.165) is 38.9 Å². The second-order valence-corrected chi connectivity index (χ2v) is 16.4. The zero-order valence-corrected chi connectivity index (χ0v) is 28.1. The molecule has 6 nitrogen and oxygen atoms in total. The molecule has 1 aromatic carbocycles. The Hall–Kier alpha value is -2.94. The molecule has 3 aromatic heterocycles. The predicted octanol–water partition coefficient (Wildman–Crippen LogP) is 7.12. The number of aryl methyl sites for hydroxylation is 2. The van der Waals surface area contributed by atoms with Crippen LogP contribution in [0.15, 0.2) is 41.8 Å². The normalized spacial score (nSPS) is 22.8. The summed E-state index contributed by atoms with van der Waals surface area (Å²) in [5.74, 6) is 1.23. The zero-order chi connectivity index (χ0) is 30.7. The first-order valence-electron chi connectivity index (χ1n) is 16.1. The molecule has 1 saturated carbocycles. The lowest BCUT2D eigenvalue weighted by Gasteiger charge is -2.38. The van der Waals surface area contributed by atoms with Crippen LogP contribution in [0.5, 0.6) is 0 Å². The predicted molar refractivity (Wildman–Crippen MR) is 181 cm³/mol. The molecule has 3 N–H and O–H groups in total. The maximum atomic E-state index is 13.2. The largest absolute Gasteiger partial charge is 0.355 e. The van der Waals surface area contributed by atoms with Gasteiger partial charge in [0, 0.05) is 59.2 Å². The van der Waals surface area contributed by atoms with Gasteiger partial charge in [-0.3, -0.25) is 14.5 Å². The van der Waals surface area contributed by atoms with E-state index in [1.165, 1.54) is 47.9 Å². The smallest absolute Gasteiger partial charge is 0.225 e. The molecule has 2 aliphatic heterocycles. The molecule has 0 radical (unpaired) electrons. The van der Waals surface area contributed by atoms with Crippen LogP contribution in [0.2, 0.25) is 0 Å². The SMILES string of the molecule is Cc1cc(C)cc(-c2[nH]c3sc(C(C)(C)CC4C5CCC4C(=O)N5)cc3c2[C@H](C)CNC(=O)C2CN(Cc3cccs3)C2)c1. The van der Waals surface area contributed by atoms with Crippen LogP contribution in [-0.2, 0) is 21.5 Å². The first-order chi connectivity index (χ1) is 21.1. The summed E-state index contributed by atoms with van der Waals surface area (Å²) in [5, 5.41) is 9.92. The summed E-state index contributed by atoms with van der Waals surface area (Å²) < 4.78 is 0. The summed E-state index contributed by atoms with van der Waals surface area (Å²) in [7, 11) is 0. The van der Waals surface area contributed by atoms with E-state index in [-0.39, 0.29) is 35.0 Å². The highest BCUT2D eigenvalue weighted by molar-refractivity contribution is 7.18. The van der Waals surface area contributed by atoms with Crippen molar-refractivity contribution in [2.45, 2.75) is 77.8 Å². The van der Waals surface area contributed by atoms with Crippen LogP contribution < -0.4 is 10.6 Å². The molecule has 5 heterocycles. The van der Waals surface area contributed by atoms with Gasteiger partial charge in [0.25, 0.3) is 0 Å². The molecule has 3 unspecified atom stereocenters. The van der Waals surface area contributed by atoms with E-state index in [2.05, 4.69) is 96.9 Å². The minimum absolute atomic E-state index is 0.0314. The maximum Gasteiger partial charge on any atom is 0.225 e. The number of nitrogens with zero attached hydrogens (tertiary/aromatic N) is 1. The number of likely N-dealkylation sites (tertiary alicyclic amines) is 1. The van der Waals surface area contributed by atoms with Crippen LogP contribution in [0.1, 0.15) is 72.4 Å². The second-order valence-electron chi connectivity index (χ2n) is 14.3. The van der Waals surface area contributed by atoms with Gasteiger partial charge in [0.2, 0.25) is 11.8 Å². The molecule has 2 amide bonds. The quantitative estimate of drug-likeness (QED) is 0.175. The van der Waals surface area contributed by atoms with E-state index in [1.54, 1.807) is 11.3 Å². The molecule has 4 atom stereocenters. The second kappa shape index (κ2) is 11.5. The van der Waals surface area contributed by atoms with E-state index in [1.807, 2.05) is 11.3 Å². The van der Waals surface area contributed by atoms with Gasteiger partial charge in [-0.2, -0.15) is 0 Å². The van der Waals surface area contributed by atoms with Gasteiger partial charge < -0.3 is 15.6 Å². The molecular weight excluding hydrogens is 585 g/mol. The van der Waals surface area contributed by atoms with Gasteiger partial charge in [-0.1, -0.05) is 44.0 Å². The number of H-pyrrole nitrogens is 1. The molecule has 232 valence electrons. The molecule has 2 bridgehead atoms. The number of thiophene rings is 2. The van der Waals surface area contributed by atoms with Crippen molar-refractivity contribution in [3.63, 3.8) is 0 Å². The van der Waals surface area contributed by atoms with Crippen LogP contribution in [0.4, 0.5) is 0 Å². The van der Waals surface area contributed by atoms with Gasteiger partial charge in [0.15, 0.2) is 0 Å². The Bertz CT molecular complexity index is 1670. The summed E-state index contributed by atoms with van der Waals surface area (Å²) in [6, 6.07) is 13.7. The van der Waals surface area contributed by atoms with Crippen LogP contribution in [0.3, 0.4) is 0 Å². The minimum atomic E-state index is -0.0314. The molecule has 4 aromatic rings.